The minimum atomic E-state index is -3.34. The second-order valence-corrected chi connectivity index (χ2v) is 10.5. The molecule has 1 N–H and O–H groups in total. The van der Waals surface area contributed by atoms with Gasteiger partial charge in [0.25, 0.3) is 0 Å². The maximum absolute atomic E-state index is 11.6. The Labute approximate surface area is 130 Å². The molecule has 21 heavy (non-hydrogen) atoms. The van der Waals surface area contributed by atoms with Crippen molar-refractivity contribution in [3.63, 3.8) is 0 Å². The van der Waals surface area contributed by atoms with E-state index < -0.39 is 29.6 Å². The Kier molecular flexibility index (Phi) is 9.85. The van der Waals surface area contributed by atoms with E-state index in [1.165, 1.54) is 4.31 Å². The standard InChI is InChI=1S/C10H26N2O6S2Si/c1-17-10(18-2)21-9-5-7-12(20(4,15)16)8-6-11-19(3,13)14/h10-11H,5-9,21H2,1-4H3. The Bertz CT molecular complexity index is 478. The summed E-state index contributed by atoms with van der Waals surface area (Å²) in [6.45, 7) is 0.574. The molecule has 0 heterocycles. The largest absolute Gasteiger partial charge is 0.360 e. The van der Waals surface area contributed by atoms with Gasteiger partial charge in [-0.15, -0.1) is 0 Å². The number of rotatable bonds is 12. The Morgan fingerprint density at radius 2 is 1.67 bits per heavy atom. The van der Waals surface area contributed by atoms with Crippen molar-refractivity contribution in [2.45, 2.75) is 18.4 Å². The van der Waals surface area contributed by atoms with Gasteiger partial charge in [0, 0.05) is 33.9 Å². The van der Waals surface area contributed by atoms with E-state index >= 15 is 0 Å². The summed E-state index contributed by atoms with van der Waals surface area (Å²) in [5.41, 5.74) is 0. The van der Waals surface area contributed by atoms with Crippen LogP contribution in [0.15, 0.2) is 0 Å². The highest BCUT2D eigenvalue weighted by atomic mass is 32.2. The van der Waals surface area contributed by atoms with Gasteiger partial charge >= 0.3 is 0 Å². The lowest BCUT2D eigenvalue weighted by molar-refractivity contribution is -0.0441. The SMILES string of the molecule is COC(OC)[SiH2]CCCN(CCNS(C)(=O)=O)S(C)(=O)=O. The second-order valence-electron chi connectivity index (χ2n) is 4.73. The van der Waals surface area contributed by atoms with E-state index in [2.05, 4.69) is 4.72 Å². The molecule has 0 spiro atoms. The average molecular weight is 363 g/mol. The maximum Gasteiger partial charge on any atom is 0.211 e. The van der Waals surface area contributed by atoms with Gasteiger partial charge in [-0.2, -0.15) is 0 Å². The third-order valence-corrected chi connectivity index (χ3v) is 6.90. The van der Waals surface area contributed by atoms with Gasteiger partial charge in [-0.1, -0.05) is 6.04 Å². The first kappa shape index (κ1) is 21.0. The maximum atomic E-state index is 11.6. The van der Waals surface area contributed by atoms with Crippen molar-refractivity contribution in [3.8, 4) is 0 Å². The average Bonchev–Trinajstić information content (AvgIpc) is 2.34. The van der Waals surface area contributed by atoms with E-state index in [1.54, 1.807) is 14.2 Å². The molecule has 0 aromatic rings. The van der Waals surface area contributed by atoms with Crippen LogP contribution in [0.4, 0.5) is 0 Å². The zero-order valence-corrected chi connectivity index (χ0v) is 16.1. The number of hydrogen-bond donors (Lipinski definition) is 1. The molecule has 0 saturated heterocycles. The molecule has 0 saturated carbocycles. The Balaban J connectivity index is 4.21. The Morgan fingerprint density at radius 1 is 1.10 bits per heavy atom. The quantitative estimate of drug-likeness (QED) is 0.254. The molecule has 0 radical (unpaired) electrons. The predicted octanol–water partition coefficient (Wildman–Crippen LogP) is -1.65. The third-order valence-electron chi connectivity index (χ3n) is 2.82. The Morgan fingerprint density at radius 3 is 2.10 bits per heavy atom. The summed E-state index contributed by atoms with van der Waals surface area (Å²) in [7, 11) is -4.06. The zero-order valence-electron chi connectivity index (χ0n) is 13.0. The van der Waals surface area contributed by atoms with Crippen LogP contribution < -0.4 is 4.72 Å². The van der Waals surface area contributed by atoms with E-state index in [0.717, 1.165) is 18.6 Å². The topological polar surface area (TPSA) is 102 Å². The van der Waals surface area contributed by atoms with Gasteiger partial charge in [-0.3, -0.25) is 0 Å². The molecule has 0 atom stereocenters. The van der Waals surface area contributed by atoms with E-state index in [9.17, 15) is 16.8 Å². The molecule has 11 heteroatoms. The van der Waals surface area contributed by atoms with Gasteiger partial charge in [0.2, 0.25) is 20.0 Å². The summed E-state index contributed by atoms with van der Waals surface area (Å²) >= 11 is 0. The molecule has 0 aromatic carbocycles. The van der Waals surface area contributed by atoms with Gasteiger partial charge in [0.1, 0.15) is 5.91 Å². The first-order valence-corrected chi connectivity index (χ1v) is 12.1. The van der Waals surface area contributed by atoms with E-state index in [-0.39, 0.29) is 19.0 Å². The van der Waals surface area contributed by atoms with Gasteiger partial charge < -0.3 is 9.47 Å². The third kappa shape index (κ3) is 11.2. The van der Waals surface area contributed by atoms with Crippen LogP contribution >= 0.6 is 0 Å². The van der Waals surface area contributed by atoms with Crippen LogP contribution in [0.25, 0.3) is 0 Å². The first-order chi connectivity index (χ1) is 9.60. The minimum Gasteiger partial charge on any atom is -0.360 e. The van der Waals surface area contributed by atoms with Crippen LogP contribution in [-0.4, -0.2) is 82.9 Å². The smallest absolute Gasteiger partial charge is 0.211 e. The molecule has 0 amide bonds. The minimum absolute atomic E-state index is 0.0715. The van der Waals surface area contributed by atoms with Crippen LogP contribution in [0.3, 0.4) is 0 Å². The lowest BCUT2D eigenvalue weighted by atomic mass is 10.4. The lowest BCUT2D eigenvalue weighted by Gasteiger charge is -2.20. The van der Waals surface area contributed by atoms with Crippen molar-refractivity contribution in [2.24, 2.45) is 0 Å². The Hall–Kier alpha value is -0.0431. The highest BCUT2D eigenvalue weighted by molar-refractivity contribution is 7.88. The van der Waals surface area contributed by atoms with Gasteiger partial charge in [-0.25, -0.2) is 25.9 Å². The number of hydrogen-bond acceptors (Lipinski definition) is 6. The van der Waals surface area contributed by atoms with Crippen molar-refractivity contribution in [1.82, 2.24) is 9.03 Å². The van der Waals surface area contributed by atoms with Crippen molar-refractivity contribution < 1.29 is 26.3 Å². The van der Waals surface area contributed by atoms with E-state index in [0.29, 0.717) is 13.0 Å². The molecule has 0 aliphatic carbocycles. The molecule has 0 fully saturated rings. The zero-order chi connectivity index (χ0) is 16.5. The fraction of sp³-hybridized carbons (Fsp3) is 1.00. The first-order valence-electron chi connectivity index (χ1n) is 6.55. The highest BCUT2D eigenvalue weighted by Crippen LogP contribution is 2.03. The molecule has 0 aliphatic rings. The molecule has 128 valence electrons. The summed E-state index contributed by atoms with van der Waals surface area (Å²) in [4.78, 5) is 0. The van der Waals surface area contributed by atoms with Gasteiger partial charge in [0.05, 0.1) is 22.0 Å². The van der Waals surface area contributed by atoms with Crippen molar-refractivity contribution in [3.05, 3.63) is 0 Å². The summed E-state index contributed by atoms with van der Waals surface area (Å²) in [5.74, 6) is -0.149. The number of nitrogens with one attached hydrogen (secondary N) is 1. The normalized spacial score (nSPS) is 13.8. The molecule has 0 unspecified atom stereocenters. The summed E-state index contributed by atoms with van der Waals surface area (Å²) in [6.07, 6.45) is 2.87. The molecule has 8 nitrogen and oxygen atoms in total. The van der Waals surface area contributed by atoms with E-state index in [1.807, 2.05) is 0 Å². The number of methoxy groups -OCH3 is 2. The molecule has 0 aliphatic heterocycles. The van der Waals surface area contributed by atoms with E-state index in [4.69, 9.17) is 9.47 Å². The summed E-state index contributed by atoms with van der Waals surface area (Å²) < 4.78 is 59.0. The highest BCUT2D eigenvalue weighted by Gasteiger charge is 2.16. The monoisotopic (exact) mass is 362 g/mol. The summed E-state index contributed by atoms with van der Waals surface area (Å²) in [5, 5.41) is 0. The molecular weight excluding hydrogens is 336 g/mol. The second kappa shape index (κ2) is 9.87. The van der Waals surface area contributed by atoms with Crippen LogP contribution in [0.5, 0.6) is 0 Å². The van der Waals surface area contributed by atoms with Gasteiger partial charge in [-0.05, 0) is 6.42 Å². The van der Waals surface area contributed by atoms with Crippen molar-refractivity contribution in [1.29, 1.82) is 0 Å². The summed E-state index contributed by atoms with van der Waals surface area (Å²) in [6, 6.07) is 0.887. The molecule has 0 rings (SSSR count). The van der Waals surface area contributed by atoms with Crippen molar-refractivity contribution in [2.75, 3.05) is 46.4 Å². The number of ether oxygens (including phenoxy) is 2. The molecule has 0 aromatic heterocycles. The molecule has 0 bridgehead atoms. The fourth-order valence-electron chi connectivity index (χ4n) is 1.73. The van der Waals surface area contributed by atoms with Crippen LogP contribution in [0, 0.1) is 0 Å². The molecular formula is C10H26N2O6S2Si. The lowest BCUT2D eigenvalue weighted by Crippen LogP contribution is -2.38. The van der Waals surface area contributed by atoms with Crippen molar-refractivity contribution >= 4 is 29.6 Å². The predicted molar refractivity (Wildman–Crippen MR) is 85.0 cm³/mol. The van der Waals surface area contributed by atoms with Crippen LogP contribution in [-0.2, 0) is 29.5 Å². The van der Waals surface area contributed by atoms with Gasteiger partial charge in [0.15, 0.2) is 0 Å². The van der Waals surface area contributed by atoms with Crippen LogP contribution in [0.2, 0.25) is 6.04 Å². The van der Waals surface area contributed by atoms with Crippen LogP contribution in [0.1, 0.15) is 6.42 Å². The fourth-order valence-corrected chi connectivity index (χ4v) is 4.39. The number of nitrogens with zero attached hydrogens (tertiary/aromatic N) is 1. The number of sulfonamides is 2.